The highest BCUT2D eigenvalue weighted by molar-refractivity contribution is 7.15. The molecule has 10 heteroatoms. The van der Waals surface area contributed by atoms with Crippen LogP contribution in [-0.4, -0.2) is 77.1 Å². The van der Waals surface area contributed by atoms with Gasteiger partial charge in [-0.25, -0.2) is 0 Å². The van der Waals surface area contributed by atoms with E-state index in [1.165, 1.54) is 32.1 Å². The average Bonchev–Trinajstić information content (AvgIpc) is 3.34. The smallest absolute Gasteiger partial charge is 0.286 e. The highest BCUT2D eigenvalue weighted by Gasteiger charge is 2.25. The number of carbonyl (C=O) groups excluding carboxylic acids is 2. The summed E-state index contributed by atoms with van der Waals surface area (Å²) in [4.78, 5) is 29.9. The lowest BCUT2D eigenvalue weighted by Crippen LogP contribution is -2.51. The van der Waals surface area contributed by atoms with E-state index in [-0.39, 0.29) is 15.9 Å². The zero-order valence-electron chi connectivity index (χ0n) is 18.8. The Morgan fingerprint density at radius 2 is 1.76 bits per heavy atom. The van der Waals surface area contributed by atoms with Gasteiger partial charge in [-0.05, 0) is 44.0 Å². The van der Waals surface area contributed by atoms with Gasteiger partial charge in [-0.1, -0.05) is 48.3 Å². The molecule has 0 radical (unpaired) electrons. The van der Waals surface area contributed by atoms with E-state index < -0.39 is 5.91 Å². The number of anilines is 1. The highest BCUT2D eigenvalue weighted by Crippen LogP contribution is 2.23. The number of rotatable bonds is 8. The molecule has 1 saturated heterocycles. The van der Waals surface area contributed by atoms with Gasteiger partial charge in [0.05, 0.1) is 0 Å². The van der Waals surface area contributed by atoms with E-state index in [1.54, 1.807) is 24.3 Å². The van der Waals surface area contributed by atoms with Crippen LogP contribution < -0.4 is 10.6 Å². The fourth-order valence-corrected chi connectivity index (χ4v) is 5.38. The van der Waals surface area contributed by atoms with E-state index in [2.05, 4.69) is 30.6 Å². The number of piperazine rings is 1. The normalized spacial score (nSPS) is 18.2. The number of carbonyl (C=O) groups is 2. The van der Waals surface area contributed by atoms with Crippen LogP contribution in [0, 0.1) is 0 Å². The third-order valence-electron chi connectivity index (χ3n) is 6.33. The Hall–Kier alpha value is -2.07. The summed E-state index contributed by atoms with van der Waals surface area (Å²) in [5, 5.41) is 14.2. The van der Waals surface area contributed by atoms with E-state index in [1.807, 2.05) is 0 Å². The molecule has 2 amide bonds. The van der Waals surface area contributed by atoms with Gasteiger partial charge in [0, 0.05) is 49.5 Å². The van der Waals surface area contributed by atoms with Gasteiger partial charge in [0.25, 0.3) is 11.8 Å². The van der Waals surface area contributed by atoms with Gasteiger partial charge in [0.2, 0.25) is 10.0 Å². The Labute approximate surface area is 203 Å². The quantitative estimate of drug-likeness (QED) is 0.550. The Kier molecular flexibility index (Phi) is 8.66. The molecule has 2 aromatic rings. The highest BCUT2D eigenvalue weighted by atomic mass is 35.5. The zero-order chi connectivity index (χ0) is 23.0. The van der Waals surface area contributed by atoms with Crippen LogP contribution in [0.5, 0.6) is 0 Å². The maximum atomic E-state index is 12.4. The zero-order valence-corrected chi connectivity index (χ0v) is 20.3. The summed E-state index contributed by atoms with van der Waals surface area (Å²) in [5.74, 6) is -0.711. The van der Waals surface area contributed by atoms with Crippen LogP contribution in [-0.2, 0) is 0 Å². The molecule has 4 rings (SSSR count). The minimum Gasteiger partial charge on any atom is -0.350 e. The molecule has 8 nitrogen and oxygen atoms in total. The molecule has 1 saturated carbocycles. The molecule has 1 aliphatic heterocycles. The summed E-state index contributed by atoms with van der Waals surface area (Å²) in [6.07, 6.45) is 7.77. The number of benzene rings is 1. The number of hydrogen-bond acceptors (Lipinski definition) is 7. The van der Waals surface area contributed by atoms with Crippen LogP contribution in [0.3, 0.4) is 0 Å². The number of halogens is 1. The molecule has 33 heavy (non-hydrogen) atoms. The topological polar surface area (TPSA) is 90.5 Å². The summed E-state index contributed by atoms with van der Waals surface area (Å²) < 4.78 is 0. The molecule has 0 spiro atoms. The van der Waals surface area contributed by atoms with Gasteiger partial charge >= 0.3 is 0 Å². The standard InChI is InChI=1S/C23H31ClN6O2S/c24-17-6-4-7-18(16-17)26-21(32)23-28-27-22(33-23)20(31)25-10-5-11-29-12-14-30(15-13-29)19-8-2-1-3-9-19/h4,6-7,16,19H,1-3,5,8-15H2,(H,25,31)(H,26,32). The van der Waals surface area contributed by atoms with Crippen molar-refractivity contribution >= 4 is 40.4 Å². The van der Waals surface area contributed by atoms with Crippen molar-refractivity contribution in [1.29, 1.82) is 0 Å². The molecule has 2 N–H and O–H groups in total. The van der Waals surface area contributed by atoms with Gasteiger partial charge in [0.1, 0.15) is 0 Å². The number of hydrogen-bond donors (Lipinski definition) is 2. The van der Waals surface area contributed by atoms with Crippen LogP contribution >= 0.6 is 22.9 Å². The molecule has 1 aromatic carbocycles. The first-order chi connectivity index (χ1) is 16.1. The van der Waals surface area contributed by atoms with E-state index in [0.717, 1.165) is 56.5 Å². The Bertz CT molecular complexity index is 941. The van der Waals surface area contributed by atoms with Crippen molar-refractivity contribution in [1.82, 2.24) is 25.3 Å². The van der Waals surface area contributed by atoms with E-state index in [4.69, 9.17) is 11.6 Å². The molecular weight excluding hydrogens is 460 g/mol. The fourth-order valence-electron chi connectivity index (χ4n) is 4.54. The molecule has 0 bridgehead atoms. The van der Waals surface area contributed by atoms with Gasteiger partial charge in [0.15, 0.2) is 0 Å². The minimum absolute atomic E-state index is 0.135. The lowest BCUT2D eigenvalue weighted by Gasteiger charge is -2.40. The molecule has 0 unspecified atom stereocenters. The second-order valence-electron chi connectivity index (χ2n) is 8.66. The average molecular weight is 491 g/mol. The second kappa shape index (κ2) is 11.9. The minimum atomic E-state index is -0.416. The number of nitrogens with zero attached hydrogens (tertiary/aromatic N) is 4. The van der Waals surface area contributed by atoms with Crippen molar-refractivity contribution in [2.45, 2.75) is 44.6 Å². The van der Waals surface area contributed by atoms with Crippen molar-refractivity contribution in [3.8, 4) is 0 Å². The first-order valence-electron chi connectivity index (χ1n) is 11.7. The second-order valence-corrected chi connectivity index (χ2v) is 10.1. The van der Waals surface area contributed by atoms with Crippen molar-refractivity contribution in [3.05, 3.63) is 39.3 Å². The largest absolute Gasteiger partial charge is 0.350 e. The first kappa shape index (κ1) is 24.1. The fraction of sp³-hybridized carbons (Fsp3) is 0.565. The van der Waals surface area contributed by atoms with Crippen LogP contribution in [0.4, 0.5) is 5.69 Å². The maximum Gasteiger partial charge on any atom is 0.286 e. The summed E-state index contributed by atoms with van der Waals surface area (Å²) in [6.45, 7) is 6.06. The van der Waals surface area contributed by atoms with Crippen molar-refractivity contribution < 1.29 is 9.59 Å². The molecule has 178 valence electrons. The summed E-state index contributed by atoms with van der Waals surface area (Å²) in [5.41, 5.74) is 0.563. The summed E-state index contributed by atoms with van der Waals surface area (Å²) >= 11 is 6.91. The Morgan fingerprint density at radius 1 is 1.03 bits per heavy atom. The number of nitrogens with one attached hydrogen (secondary N) is 2. The third-order valence-corrected chi connectivity index (χ3v) is 7.49. The first-order valence-corrected chi connectivity index (χ1v) is 12.9. The van der Waals surface area contributed by atoms with Crippen LogP contribution in [0.15, 0.2) is 24.3 Å². The van der Waals surface area contributed by atoms with Crippen molar-refractivity contribution in [2.24, 2.45) is 0 Å². The number of aromatic nitrogens is 2. The third kappa shape index (κ3) is 6.96. The van der Waals surface area contributed by atoms with E-state index in [0.29, 0.717) is 17.3 Å². The SMILES string of the molecule is O=C(NCCCN1CCN(C2CCCCC2)CC1)c1nnc(C(=O)Nc2cccc(Cl)c2)s1. The van der Waals surface area contributed by atoms with E-state index >= 15 is 0 Å². The Balaban J connectivity index is 1.14. The molecule has 2 heterocycles. The predicted octanol–water partition coefficient (Wildman–Crippen LogP) is 3.51. The monoisotopic (exact) mass is 490 g/mol. The maximum absolute atomic E-state index is 12.4. The van der Waals surface area contributed by atoms with Crippen molar-refractivity contribution in [2.75, 3.05) is 44.6 Å². The molecule has 0 atom stereocenters. The summed E-state index contributed by atoms with van der Waals surface area (Å²) in [6, 6.07) is 7.64. The van der Waals surface area contributed by atoms with Crippen LogP contribution in [0.2, 0.25) is 5.02 Å². The van der Waals surface area contributed by atoms with Crippen LogP contribution in [0.25, 0.3) is 0 Å². The van der Waals surface area contributed by atoms with Gasteiger partial charge in [-0.3, -0.25) is 14.5 Å². The van der Waals surface area contributed by atoms with Crippen molar-refractivity contribution in [3.63, 3.8) is 0 Å². The predicted molar refractivity (Wildman–Crippen MR) is 131 cm³/mol. The lowest BCUT2D eigenvalue weighted by atomic mass is 9.94. The molecular formula is C23H31ClN6O2S. The molecule has 2 fully saturated rings. The number of amides is 2. The molecule has 2 aliphatic rings. The molecule has 1 aromatic heterocycles. The molecule has 1 aliphatic carbocycles. The van der Waals surface area contributed by atoms with Gasteiger partial charge < -0.3 is 15.5 Å². The van der Waals surface area contributed by atoms with Gasteiger partial charge in [-0.15, -0.1) is 10.2 Å². The van der Waals surface area contributed by atoms with Crippen LogP contribution in [0.1, 0.15) is 58.1 Å². The Morgan fingerprint density at radius 3 is 2.48 bits per heavy atom. The lowest BCUT2D eigenvalue weighted by molar-refractivity contribution is 0.0779. The van der Waals surface area contributed by atoms with Gasteiger partial charge in [-0.2, -0.15) is 0 Å². The van der Waals surface area contributed by atoms with E-state index in [9.17, 15) is 9.59 Å². The summed E-state index contributed by atoms with van der Waals surface area (Å²) in [7, 11) is 0.